The molecule has 3 unspecified atom stereocenters. The molecule has 1 fully saturated rings. The summed E-state index contributed by atoms with van der Waals surface area (Å²) in [4.78, 5) is 38.1. The van der Waals surface area contributed by atoms with Crippen LogP contribution in [-0.2, 0) is 38.1 Å². The fourth-order valence-corrected chi connectivity index (χ4v) is 2.53. The maximum absolute atomic E-state index is 11.4. The van der Waals surface area contributed by atoms with Crippen LogP contribution in [0.5, 0.6) is 0 Å². The highest BCUT2D eigenvalue weighted by atomic mass is 16.7. The molecule has 2 rings (SSSR count). The van der Waals surface area contributed by atoms with Gasteiger partial charge in [0.1, 0.15) is 12.7 Å². The fourth-order valence-electron chi connectivity index (χ4n) is 2.53. The second-order valence-corrected chi connectivity index (χ2v) is 5.25. The third kappa shape index (κ3) is 4.19. The van der Waals surface area contributed by atoms with Gasteiger partial charge in [-0.2, -0.15) is 0 Å². The first-order valence-electron chi connectivity index (χ1n) is 7.12. The van der Waals surface area contributed by atoms with Crippen molar-refractivity contribution in [1.82, 2.24) is 0 Å². The summed E-state index contributed by atoms with van der Waals surface area (Å²) in [6.45, 7) is 5.17. The molecular formula is C14H19NO8. The molecule has 9 nitrogen and oxygen atoms in total. The Labute approximate surface area is 132 Å². The number of fused-ring (bicyclic) bond motifs is 1. The molecule has 0 radical (unpaired) electrons. The SMILES string of the molecule is CC(=O)OCC1O[C@@H]2OC(C)=N[C@@H]2C(OC(C)=O)C1OC(C)=O. The van der Waals surface area contributed by atoms with Gasteiger partial charge in [0, 0.05) is 27.7 Å². The number of ether oxygens (including phenoxy) is 5. The molecule has 2 aliphatic rings. The van der Waals surface area contributed by atoms with Crippen LogP contribution < -0.4 is 0 Å². The predicted molar refractivity (Wildman–Crippen MR) is 74.4 cm³/mol. The van der Waals surface area contributed by atoms with Crippen LogP contribution in [0.15, 0.2) is 4.99 Å². The lowest BCUT2D eigenvalue weighted by atomic mass is 9.97. The second kappa shape index (κ2) is 6.95. The molecule has 0 N–H and O–H groups in total. The van der Waals surface area contributed by atoms with E-state index in [-0.39, 0.29) is 6.61 Å². The number of carbonyl (C=O) groups excluding carboxylic acids is 3. The summed E-state index contributed by atoms with van der Waals surface area (Å²) in [7, 11) is 0. The van der Waals surface area contributed by atoms with Crippen LogP contribution in [0.4, 0.5) is 0 Å². The van der Waals surface area contributed by atoms with Gasteiger partial charge >= 0.3 is 17.9 Å². The summed E-state index contributed by atoms with van der Waals surface area (Å²) in [5.74, 6) is -1.28. The lowest BCUT2D eigenvalue weighted by Crippen LogP contribution is -2.60. The Morgan fingerprint density at radius 1 is 1.04 bits per heavy atom. The van der Waals surface area contributed by atoms with Crippen molar-refractivity contribution in [2.75, 3.05) is 6.61 Å². The molecule has 0 aliphatic carbocycles. The summed E-state index contributed by atoms with van der Waals surface area (Å²) in [6, 6.07) is -0.656. The number of nitrogens with zero attached hydrogens (tertiary/aromatic N) is 1. The minimum atomic E-state index is -0.963. The minimum Gasteiger partial charge on any atom is -0.463 e. The van der Waals surface area contributed by atoms with Crippen LogP contribution in [-0.4, -0.2) is 61.1 Å². The van der Waals surface area contributed by atoms with E-state index >= 15 is 0 Å². The predicted octanol–water partition coefficient (Wildman–Crippen LogP) is -0.0450. The van der Waals surface area contributed by atoms with E-state index in [9.17, 15) is 14.4 Å². The summed E-state index contributed by atoms with van der Waals surface area (Å²) in [6.07, 6.45) is -3.50. The average Bonchev–Trinajstić information content (AvgIpc) is 2.78. The molecule has 2 heterocycles. The van der Waals surface area contributed by atoms with Crippen LogP contribution in [0, 0.1) is 0 Å². The van der Waals surface area contributed by atoms with Gasteiger partial charge in [-0.25, -0.2) is 4.99 Å². The van der Waals surface area contributed by atoms with Crippen molar-refractivity contribution in [2.24, 2.45) is 4.99 Å². The largest absolute Gasteiger partial charge is 0.463 e. The van der Waals surface area contributed by atoms with E-state index in [4.69, 9.17) is 23.7 Å². The van der Waals surface area contributed by atoms with E-state index in [0.717, 1.165) is 0 Å². The van der Waals surface area contributed by atoms with Crippen LogP contribution in [0.1, 0.15) is 27.7 Å². The normalized spacial score (nSPS) is 32.2. The van der Waals surface area contributed by atoms with E-state index in [2.05, 4.69) is 4.99 Å². The Balaban J connectivity index is 2.26. The number of carbonyl (C=O) groups is 3. The van der Waals surface area contributed by atoms with Crippen molar-refractivity contribution in [2.45, 2.75) is 58.3 Å². The zero-order chi connectivity index (χ0) is 17.1. The molecule has 0 bridgehead atoms. The molecule has 0 amide bonds. The Morgan fingerprint density at radius 3 is 2.22 bits per heavy atom. The Bertz CT molecular complexity index is 531. The van der Waals surface area contributed by atoms with Crippen molar-refractivity contribution in [3.63, 3.8) is 0 Å². The standard InChI is InChI=1S/C14H19NO8/c1-6-15-11-13(22-9(4)18)12(21-8(3)17)10(5-19-7(2)16)23-14(11)20-6/h10-14H,5H2,1-4H3/t10?,11-,12?,13?,14+/m1/s1. The third-order valence-corrected chi connectivity index (χ3v) is 3.29. The van der Waals surface area contributed by atoms with Gasteiger partial charge < -0.3 is 23.7 Å². The zero-order valence-electron chi connectivity index (χ0n) is 13.3. The first kappa shape index (κ1) is 17.2. The van der Waals surface area contributed by atoms with Crippen molar-refractivity contribution >= 4 is 23.8 Å². The molecule has 2 aliphatic heterocycles. The highest BCUT2D eigenvalue weighted by Gasteiger charge is 2.53. The molecule has 23 heavy (non-hydrogen) atoms. The third-order valence-electron chi connectivity index (χ3n) is 3.29. The molecule has 0 aromatic rings. The number of hydrogen-bond donors (Lipinski definition) is 0. The molecule has 128 valence electrons. The van der Waals surface area contributed by atoms with E-state index in [1.165, 1.54) is 20.8 Å². The molecule has 5 atom stereocenters. The first-order valence-corrected chi connectivity index (χ1v) is 7.12. The molecular weight excluding hydrogens is 310 g/mol. The van der Waals surface area contributed by atoms with Crippen LogP contribution >= 0.6 is 0 Å². The van der Waals surface area contributed by atoms with Gasteiger partial charge in [-0.05, 0) is 0 Å². The Morgan fingerprint density at radius 2 is 1.65 bits per heavy atom. The maximum Gasteiger partial charge on any atom is 0.303 e. The average molecular weight is 329 g/mol. The highest BCUT2D eigenvalue weighted by molar-refractivity contribution is 5.75. The fraction of sp³-hybridized carbons (Fsp3) is 0.714. The van der Waals surface area contributed by atoms with Gasteiger partial charge in [0.2, 0.25) is 6.29 Å². The van der Waals surface area contributed by atoms with Crippen molar-refractivity contribution in [3.05, 3.63) is 0 Å². The van der Waals surface area contributed by atoms with E-state index in [1.54, 1.807) is 6.92 Å². The van der Waals surface area contributed by atoms with Gasteiger partial charge in [0.05, 0.1) is 0 Å². The van der Waals surface area contributed by atoms with Crippen LogP contribution in [0.25, 0.3) is 0 Å². The number of aliphatic imine (C=N–C) groups is 1. The van der Waals surface area contributed by atoms with Crippen molar-refractivity contribution < 1.29 is 38.1 Å². The first-order chi connectivity index (χ1) is 10.8. The molecule has 0 aromatic heterocycles. The lowest BCUT2D eigenvalue weighted by Gasteiger charge is -2.40. The quantitative estimate of drug-likeness (QED) is 0.522. The van der Waals surface area contributed by atoms with E-state index < -0.39 is 48.6 Å². The van der Waals surface area contributed by atoms with E-state index in [1.807, 2.05) is 0 Å². The van der Waals surface area contributed by atoms with Crippen LogP contribution in [0.3, 0.4) is 0 Å². The Kier molecular flexibility index (Phi) is 5.19. The monoisotopic (exact) mass is 329 g/mol. The summed E-state index contributed by atoms with van der Waals surface area (Å²) >= 11 is 0. The summed E-state index contributed by atoms with van der Waals surface area (Å²) < 4.78 is 26.5. The van der Waals surface area contributed by atoms with Crippen molar-refractivity contribution in [1.29, 1.82) is 0 Å². The molecule has 0 spiro atoms. The maximum atomic E-state index is 11.4. The van der Waals surface area contributed by atoms with Gasteiger partial charge in [0.25, 0.3) is 0 Å². The number of rotatable bonds is 4. The lowest BCUT2D eigenvalue weighted by molar-refractivity contribution is -0.249. The zero-order valence-corrected chi connectivity index (χ0v) is 13.3. The van der Waals surface area contributed by atoms with E-state index in [0.29, 0.717) is 5.90 Å². The van der Waals surface area contributed by atoms with Crippen molar-refractivity contribution in [3.8, 4) is 0 Å². The summed E-state index contributed by atoms with van der Waals surface area (Å²) in [5.41, 5.74) is 0. The van der Waals surface area contributed by atoms with Gasteiger partial charge in [0.15, 0.2) is 24.1 Å². The smallest absolute Gasteiger partial charge is 0.303 e. The second-order valence-electron chi connectivity index (χ2n) is 5.25. The Hall–Kier alpha value is -2.16. The molecule has 1 saturated heterocycles. The molecule has 0 aromatic carbocycles. The minimum absolute atomic E-state index is 0.170. The number of hydrogen-bond acceptors (Lipinski definition) is 9. The molecule has 9 heteroatoms. The number of esters is 3. The van der Waals surface area contributed by atoms with Gasteiger partial charge in [-0.15, -0.1) is 0 Å². The molecule has 0 saturated carbocycles. The summed E-state index contributed by atoms with van der Waals surface area (Å²) in [5, 5.41) is 0. The van der Waals surface area contributed by atoms with Gasteiger partial charge in [-0.3, -0.25) is 14.4 Å². The highest BCUT2D eigenvalue weighted by Crippen LogP contribution is 2.32. The topological polar surface area (TPSA) is 110 Å². The van der Waals surface area contributed by atoms with Crippen LogP contribution in [0.2, 0.25) is 0 Å². The van der Waals surface area contributed by atoms with Gasteiger partial charge in [-0.1, -0.05) is 0 Å².